The molecule has 1 heterocycles. The quantitative estimate of drug-likeness (QED) is 0.748. The highest BCUT2D eigenvalue weighted by molar-refractivity contribution is 7.89. The van der Waals surface area contributed by atoms with Gasteiger partial charge in [0.2, 0.25) is 10.0 Å². The van der Waals surface area contributed by atoms with Crippen molar-refractivity contribution in [2.24, 2.45) is 0 Å². The molecule has 136 valence electrons. The molecule has 0 bridgehead atoms. The van der Waals surface area contributed by atoms with E-state index in [1.807, 2.05) is 20.8 Å². The molecule has 0 aromatic heterocycles. The Morgan fingerprint density at radius 1 is 1.25 bits per heavy atom. The van der Waals surface area contributed by atoms with Gasteiger partial charge in [0.1, 0.15) is 0 Å². The third kappa shape index (κ3) is 4.55. The monoisotopic (exact) mass is 357 g/mol. The fourth-order valence-electron chi connectivity index (χ4n) is 2.80. The summed E-state index contributed by atoms with van der Waals surface area (Å²) in [6, 6.07) is 6.87. The Bertz CT molecular complexity index is 631. The van der Waals surface area contributed by atoms with Crippen LogP contribution in [0.1, 0.15) is 26.3 Å². The van der Waals surface area contributed by atoms with Gasteiger partial charge >= 0.3 is 0 Å². The van der Waals surface area contributed by atoms with Gasteiger partial charge < -0.3 is 14.2 Å². The van der Waals surface area contributed by atoms with Crippen molar-refractivity contribution in [1.29, 1.82) is 0 Å². The highest BCUT2D eigenvalue weighted by atomic mass is 32.2. The van der Waals surface area contributed by atoms with Gasteiger partial charge in [-0.1, -0.05) is 17.7 Å². The van der Waals surface area contributed by atoms with E-state index in [4.69, 9.17) is 14.2 Å². The molecule has 1 aliphatic heterocycles. The molecule has 1 aliphatic rings. The second-order valence-electron chi connectivity index (χ2n) is 6.08. The number of hydrogen-bond acceptors (Lipinski definition) is 5. The van der Waals surface area contributed by atoms with Gasteiger partial charge in [-0.3, -0.25) is 0 Å². The molecule has 7 heteroatoms. The molecule has 1 aromatic rings. The molecule has 1 fully saturated rings. The molecular formula is C17H27NO5S. The molecule has 6 nitrogen and oxygen atoms in total. The maximum Gasteiger partial charge on any atom is 0.243 e. The van der Waals surface area contributed by atoms with E-state index < -0.39 is 15.8 Å². The van der Waals surface area contributed by atoms with Crippen molar-refractivity contribution in [2.45, 2.75) is 44.5 Å². The summed E-state index contributed by atoms with van der Waals surface area (Å²) in [7, 11) is -3.61. The van der Waals surface area contributed by atoms with Crippen LogP contribution < -0.4 is 0 Å². The summed E-state index contributed by atoms with van der Waals surface area (Å²) in [6.45, 7) is 9.18. The smallest absolute Gasteiger partial charge is 0.243 e. The number of rotatable bonds is 7. The maximum atomic E-state index is 13.0. The van der Waals surface area contributed by atoms with E-state index in [1.165, 1.54) is 4.31 Å². The normalized spacial score (nSPS) is 25.8. The van der Waals surface area contributed by atoms with Crippen molar-refractivity contribution in [3.05, 3.63) is 29.8 Å². The zero-order chi connectivity index (χ0) is 17.8. The molecule has 0 aliphatic carbocycles. The van der Waals surface area contributed by atoms with Crippen LogP contribution in [0.5, 0.6) is 0 Å². The first-order valence-electron chi connectivity index (χ1n) is 8.27. The minimum atomic E-state index is -3.61. The minimum absolute atomic E-state index is 0.152. The zero-order valence-corrected chi connectivity index (χ0v) is 15.6. The van der Waals surface area contributed by atoms with Crippen molar-refractivity contribution >= 4 is 10.0 Å². The van der Waals surface area contributed by atoms with Crippen LogP contribution in [0.15, 0.2) is 29.2 Å². The zero-order valence-electron chi connectivity index (χ0n) is 14.8. The van der Waals surface area contributed by atoms with E-state index in [9.17, 15) is 8.42 Å². The molecule has 0 radical (unpaired) electrons. The number of aryl methyl sites for hydroxylation is 1. The van der Waals surface area contributed by atoms with Crippen LogP contribution in [-0.2, 0) is 24.2 Å². The Kier molecular flexibility index (Phi) is 6.39. The summed E-state index contributed by atoms with van der Waals surface area (Å²) in [4.78, 5) is 0.281. The predicted octanol–water partition coefficient (Wildman–Crippen LogP) is 2.17. The molecule has 1 saturated heterocycles. The Hall–Kier alpha value is -0.990. The van der Waals surface area contributed by atoms with Crippen LogP contribution in [0.3, 0.4) is 0 Å². The standard InChI is InChI=1S/C17H27NO5S/c1-5-21-12-15-11-18(13-17(4,23-15)22-6-2)24(19,20)16-9-7-14(3)8-10-16/h7-10,15H,5-6,11-13H2,1-4H3/t15-,17-/m1/s1. The number of sulfonamides is 1. The first-order chi connectivity index (χ1) is 11.3. The highest BCUT2D eigenvalue weighted by Crippen LogP contribution is 2.28. The fraction of sp³-hybridized carbons (Fsp3) is 0.647. The van der Waals surface area contributed by atoms with E-state index >= 15 is 0 Å². The van der Waals surface area contributed by atoms with E-state index in [0.29, 0.717) is 19.8 Å². The minimum Gasteiger partial charge on any atom is -0.379 e. The lowest BCUT2D eigenvalue weighted by Crippen LogP contribution is -2.58. The van der Waals surface area contributed by atoms with Gasteiger partial charge in [0.25, 0.3) is 0 Å². The third-order valence-electron chi connectivity index (χ3n) is 3.90. The molecule has 1 aromatic carbocycles. The summed E-state index contributed by atoms with van der Waals surface area (Å²) in [5.41, 5.74) is 1.02. The van der Waals surface area contributed by atoms with Gasteiger partial charge in [0.05, 0.1) is 24.2 Å². The molecule has 0 spiro atoms. The summed E-state index contributed by atoms with van der Waals surface area (Å²) in [6.07, 6.45) is -0.365. The average Bonchev–Trinajstić information content (AvgIpc) is 2.53. The number of hydrogen-bond donors (Lipinski definition) is 0. The molecular weight excluding hydrogens is 330 g/mol. The topological polar surface area (TPSA) is 65.1 Å². The van der Waals surface area contributed by atoms with Gasteiger partial charge in [0, 0.05) is 19.8 Å². The molecule has 0 amide bonds. The third-order valence-corrected chi connectivity index (χ3v) is 5.73. The largest absolute Gasteiger partial charge is 0.379 e. The summed E-state index contributed by atoms with van der Waals surface area (Å²) < 4.78 is 44.4. The predicted molar refractivity (Wildman–Crippen MR) is 91.3 cm³/mol. The first-order valence-corrected chi connectivity index (χ1v) is 9.71. The Balaban J connectivity index is 2.26. The van der Waals surface area contributed by atoms with Crippen molar-refractivity contribution in [3.63, 3.8) is 0 Å². The van der Waals surface area contributed by atoms with E-state index in [1.54, 1.807) is 31.2 Å². The lowest BCUT2D eigenvalue weighted by Gasteiger charge is -2.43. The SMILES string of the molecule is CCOC[C@H]1CN(S(=O)(=O)c2ccc(C)cc2)C[C@](C)(OCC)O1. The van der Waals surface area contributed by atoms with E-state index in [2.05, 4.69) is 0 Å². The Morgan fingerprint density at radius 3 is 2.50 bits per heavy atom. The maximum absolute atomic E-state index is 13.0. The number of nitrogens with zero attached hydrogens (tertiary/aromatic N) is 1. The van der Waals surface area contributed by atoms with Crippen molar-refractivity contribution < 1.29 is 22.6 Å². The second-order valence-corrected chi connectivity index (χ2v) is 8.01. The lowest BCUT2D eigenvalue weighted by molar-refractivity contribution is -0.276. The van der Waals surface area contributed by atoms with Crippen LogP contribution >= 0.6 is 0 Å². The molecule has 0 saturated carbocycles. The van der Waals surface area contributed by atoms with Gasteiger partial charge in [0.15, 0.2) is 5.79 Å². The van der Waals surface area contributed by atoms with Crippen molar-refractivity contribution in [3.8, 4) is 0 Å². The summed E-state index contributed by atoms with van der Waals surface area (Å²) in [5, 5.41) is 0. The van der Waals surface area contributed by atoms with Gasteiger partial charge in [-0.25, -0.2) is 8.42 Å². The van der Waals surface area contributed by atoms with E-state index in [0.717, 1.165) is 5.56 Å². The Morgan fingerprint density at radius 2 is 1.92 bits per heavy atom. The number of benzene rings is 1. The molecule has 2 atom stereocenters. The van der Waals surface area contributed by atoms with Gasteiger partial charge in [-0.05, 0) is 39.8 Å². The fourth-order valence-corrected chi connectivity index (χ4v) is 4.35. The van der Waals surface area contributed by atoms with Crippen LogP contribution in [0.25, 0.3) is 0 Å². The Labute approximate surface area is 144 Å². The van der Waals surface area contributed by atoms with E-state index in [-0.39, 0.29) is 24.1 Å². The van der Waals surface area contributed by atoms with Gasteiger partial charge in [-0.2, -0.15) is 4.31 Å². The van der Waals surface area contributed by atoms with Crippen molar-refractivity contribution in [2.75, 3.05) is 32.9 Å². The summed E-state index contributed by atoms with van der Waals surface area (Å²) >= 11 is 0. The molecule has 24 heavy (non-hydrogen) atoms. The number of ether oxygens (including phenoxy) is 3. The highest BCUT2D eigenvalue weighted by Gasteiger charge is 2.42. The van der Waals surface area contributed by atoms with Crippen LogP contribution in [0.2, 0.25) is 0 Å². The van der Waals surface area contributed by atoms with Crippen LogP contribution in [0.4, 0.5) is 0 Å². The molecule has 0 unspecified atom stereocenters. The van der Waals surface area contributed by atoms with Crippen LogP contribution in [0, 0.1) is 6.92 Å². The average molecular weight is 357 g/mol. The number of morpholine rings is 1. The lowest BCUT2D eigenvalue weighted by atomic mass is 10.2. The van der Waals surface area contributed by atoms with Crippen molar-refractivity contribution in [1.82, 2.24) is 4.31 Å². The first kappa shape index (κ1) is 19.3. The van der Waals surface area contributed by atoms with Crippen LogP contribution in [-0.4, -0.2) is 57.5 Å². The molecule has 2 rings (SSSR count). The second kappa shape index (κ2) is 7.93. The summed E-state index contributed by atoms with van der Waals surface area (Å²) in [5.74, 6) is -0.980. The molecule has 0 N–H and O–H groups in total. The van der Waals surface area contributed by atoms with Gasteiger partial charge in [-0.15, -0.1) is 0 Å².